The van der Waals surface area contributed by atoms with Crippen molar-refractivity contribution in [1.82, 2.24) is 9.97 Å². The van der Waals surface area contributed by atoms with Crippen LogP contribution < -0.4 is 21.5 Å². The first kappa shape index (κ1) is 21.7. The number of aromatic nitrogens is 2. The van der Waals surface area contributed by atoms with Crippen molar-refractivity contribution in [2.75, 3.05) is 17.7 Å². The molecule has 0 aliphatic rings. The van der Waals surface area contributed by atoms with E-state index >= 15 is 0 Å². The number of primary amides is 1. The summed E-state index contributed by atoms with van der Waals surface area (Å²) < 4.78 is 28.4. The molecule has 0 fully saturated rings. The minimum atomic E-state index is -4.04. The highest BCUT2D eigenvalue weighted by Crippen LogP contribution is 2.26. The minimum absolute atomic E-state index is 0.0368. The molecule has 2 aromatic carbocycles. The van der Waals surface area contributed by atoms with Gasteiger partial charge >= 0.3 is 5.97 Å². The number of nitrogens with one attached hydrogen (secondary N) is 2. The molecule has 3 rings (SSSR count). The first-order valence-corrected chi connectivity index (χ1v) is 10.2. The number of para-hydroxylation sites is 1. The van der Waals surface area contributed by atoms with Crippen LogP contribution in [0.3, 0.4) is 0 Å². The molecule has 160 valence electrons. The second-order valence-corrected chi connectivity index (χ2v) is 7.71. The van der Waals surface area contributed by atoms with Crippen molar-refractivity contribution in [3.05, 3.63) is 65.9 Å². The molecule has 6 N–H and O–H groups in total. The zero-order valence-electron chi connectivity index (χ0n) is 16.2. The largest absolute Gasteiger partial charge is 0.465 e. The molecular formula is C19H18N6O5S. The number of carbonyl (C=O) groups is 2. The number of rotatable bonds is 7. The van der Waals surface area contributed by atoms with Gasteiger partial charge in [-0.25, -0.2) is 23.3 Å². The summed E-state index contributed by atoms with van der Waals surface area (Å²) in [6.45, 7) is 0. The van der Waals surface area contributed by atoms with Crippen molar-refractivity contribution < 1.29 is 22.7 Å². The Morgan fingerprint density at radius 1 is 1.06 bits per heavy atom. The number of methoxy groups -OCH3 is 1. The Bertz CT molecular complexity index is 1260. The van der Waals surface area contributed by atoms with Gasteiger partial charge in [0, 0.05) is 11.9 Å². The van der Waals surface area contributed by atoms with Crippen molar-refractivity contribution in [2.24, 2.45) is 10.9 Å². The number of sulfonamides is 1. The maximum atomic E-state index is 11.8. The van der Waals surface area contributed by atoms with Crippen molar-refractivity contribution in [2.45, 2.75) is 4.90 Å². The third-order valence-corrected chi connectivity index (χ3v) is 5.01. The molecule has 3 aromatic rings. The van der Waals surface area contributed by atoms with E-state index in [9.17, 15) is 18.0 Å². The number of hydrogen-bond acceptors (Lipinski definition) is 9. The van der Waals surface area contributed by atoms with Gasteiger partial charge in [-0.3, -0.25) is 4.79 Å². The summed E-state index contributed by atoms with van der Waals surface area (Å²) in [7, 11) is -2.77. The number of carbonyl (C=O) groups excluding carboxylic acids is 2. The van der Waals surface area contributed by atoms with Crippen LogP contribution >= 0.6 is 0 Å². The lowest BCUT2D eigenvalue weighted by atomic mass is 10.2. The van der Waals surface area contributed by atoms with Crippen molar-refractivity contribution in [3.8, 4) is 0 Å². The molecule has 0 aliphatic heterocycles. The van der Waals surface area contributed by atoms with Gasteiger partial charge in [0.25, 0.3) is 5.91 Å². The van der Waals surface area contributed by atoms with E-state index in [0.717, 1.165) is 0 Å². The molecule has 0 saturated heterocycles. The predicted octanol–water partition coefficient (Wildman–Crippen LogP) is 1.50. The monoisotopic (exact) mass is 442 g/mol. The number of esters is 1. The van der Waals surface area contributed by atoms with E-state index in [2.05, 4.69) is 25.3 Å². The predicted molar refractivity (Wildman–Crippen MR) is 113 cm³/mol. The van der Waals surface area contributed by atoms with Gasteiger partial charge in [0.15, 0.2) is 0 Å². The van der Waals surface area contributed by atoms with Crippen LogP contribution in [0.4, 0.5) is 23.1 Å². The van der Waals surface area contributed by atoms with Crippen molar-refractivity contribution in [3.63, 3.8) is 0 Å². The smallest absolute Gasteiger partial charge is 0.337 e. The van der Waals surface area contributed by atoms with Crippen LogP contribution in [0.25, 0.3) is 0 Å². The number of ether oxygens (including phenoxy) is 1. The van der Waals surface area contributed by atoms with E-state index in [1.165, 1.54) is 37.6 Å². The third kappa shape index (κ3) is 5.12. The molecule has 31 heavy (non-hydrogen) atoms. The summed E-state index contributed by atoms with van der Waals surface area (Å²) in [5, 5.41) is 10.9. The van der Waals surface area contributed by atoms with E-state index in [1.807, 2.05) is 0 Å². The second-order valence-electron chi connectivity index (χ2n) is 6.18. The summed E-state index contributed by atoms with van der Waals surface area (Å²) in [6, 6.07) is 12.3. The zero-order chi connectivity index (χ0) is 22.6. The molecule has 0 aliphatic carbocycles. The van der Waals surface area contributed by atoms with Gasteiger partial charge in [-0.15, -0.1) is 0 Å². The number of anilines is 4. The van der Waals surface area contributed by atoms with Gasteiger partial charge in [-0.2, -0.15) is 4.98 Å². The van der Waals surface area contributed by atoms with Crippen LogP contribution in [-0.2, 0) is 14.8 Å². The molecule has 11 nitrogen and oxygen atoms in total. The highest BCUT2D eigenvalue weighted by molar-refractivity contribution is 7.89. The first-order chi connectivity index (χ1) is 14.7. The van der Waals surface area contributed by atoms with E-state index < -0.39 is 21.9 Å². The number of hydrogen-bond donors (Lipinski definition) is 4. The molecule has 0 spiro atoms. The molecule has 12 heteroatoms. The van der Waals surface area contributed by atoms with Gasteiger partial charge in [0.05, 0.1) is 18.4 Å². The summed E-state index contributed by atoms with van der Waals surface area (Å²) >= 11 is 0. The highest BCUT2D eigenvalue weighted by atomic mass is 32.2. The standard InChI is InChI=1S/C19H18N6O5S/c1-30-18(27)11-5-4-6-12(9-11)23-19-22-10-13(16(20)26)17(25-19)24-14-7-2-3-8-15(14)31(21,28)29/h2-10H,1H3,(H2,20,26)(H2,21,28,29)(H2,22,23,24,25). The maximum absolute atomic E-state index is 11.8. The summed E-state index contributed by atoms with van der Waals surface area (Å²) in [5.74, 6) is -1.32. The molecule has 1 amide bonds. The first-order valence-electron chi connectivity index (χ1n) is 8.70. The number of benzene rings is 2. The van der Waals surface area contributed by atoms with Crippen LogP contribution in [0, 0.1) is 0 Å². The molecule has 0 atom stereocenters. The Morgan fingerprint density at radius 3 is 2.48 bits per heavy atom. The maximum Gasteiger partial charge on any atom is 0.337 e. The van der Waals surface area contributed by atoms with Gasteiger partial charge in [-0.1, -0.05) is 18.2 Å². The Hall–Kier alpha value is -4.03. The highest BCUT2D eigenvalue weighted by Gasteiger charge is 2.18. The van der Waals surface area contributed by atoms with Crippen LogP contribution in [0.15, 0.2) is 59.6 Å². The number of amides is 1. The third-order valence-electron chi connectivity index (χ3n) is 4.04. The molecule has 0 saturated carbocycles. The lowest BCUT2D eigenvalue weighted by molar-refractivity contribution is 0.0600. The normalized spacial score (nSPS) is 10.9. The molecule has 1 heterocycles. The van der Waals surface area contributed by atoms with Gasteiger partial charge in [0.1, 0.15) is 16.3 Å². The quantitative estimate of drug-likeness (QED) is 0.394. The second kappa shape index (κ2) is 8.77. The SMILES string of the molecule is COC(=O)c1cccc(Nc2ncc(C(N)=O)c(Nc3ccccc3S(N)(=O)=O)n2)c1. The Balaban J connectivity index is 1.98. The van der Waals surface area contributed by atoms with Crippen LogP contribution in [-0.4, -0.2) is 37.4 Å². The topological polar surface area (TPSA) is 179 Å². The minimum Gasteiger partial charge on any atom is -0.465 e. The summed E-state index contributed by atoms with van der Waals surface area (Å²) in [5.41, 5.74) is 6.20. The molecular weight excluding hydrogens is 424 g/mol. The fourth-order valence-corrected chi connectivity index (χ4v) is 3.33. The van der Waals surface area contributed by atoms with E-state index in [4.69, 9.17) is 10.9 Å². The Kier molecular flexibility index (Phi) is 6.13. The zero-order valence-corrected chi connectivity index (χ0v) is 17.0. The van der Waals surface area contributed by atoms with E-state index in [0.29, 0.717) is 11.3 Å². The lowest BCUT2D eigenvalue weighted by Gasteiger charge is -2.13. The van der Waals surface area contributed by atoms with Crippen LogP contribution in [0.5, 0.6) is 0 Å². The van der Waals surface area contributed by atoms with E-state index in [-0.39, 0.29) is 27.9 Å². The van der Waals surface area contributed by atoms with Crippen molar-refractivity contribution in [1.29, 1.82) is 0 Å². The molecule has 0 unspecified atom stereocenters. The lowest BCUT2D eigenvalue weighted by Crippen LogP contribution is -2.17. The van der Waals surface area contributed by atoms with Gasteiger partial charge in [-0.05, 0) is 30.3 Å². The van der Waals surface area contributed by atoms with Crippen LogP contribution in [0.1, 0.15) is 20.7 Å². The molecule has 1 aromatic heterocycles. The van der Waals surface area contributed by atoms with Crippen molar-refractivity contribution >= 4 is 45.0 Å². The fourth-order valence-electron chi connectivity index (χ4n) is 2.63. The van der Waals surface area contributed by atoms with Gasteiger partial charge in [0.2, 0.25) is 16.0 Å². The van der Waals surface area contributed by atoms with Gasteiger partial charge < -0.3 is 21.1 Å². The Labute approximate surface area is 177 Å². The number of nitrogens with zero attached hydrogens (tertiary/aromatic N) is 2. The fraction of sp³-hybridized carbons (Fsp3) is 0.0526. The molecule has 0 radical (unpaired) electrons. The molecule has 0 bridgehead atoms. The van der Waals surface area contributed by atoms with Crippen LogP contribution in [0.2, 0.25) is 0 Å². The summed E-state index contributed by atoms with van der Waals surface area (Å²) in [4.78, 5) is 31.6. The number of primary sulfonamides is 1. The average molecular weight is 442 g/mol. The Morgan fingerprint density at radius 2 is 1.81 bits per heavy atom. The van der Waals surface area contributed by atoms with E-state index in [1.54, 1.807) is 24.3 Å². The average Bonchev–Trinajstić information content (AvgIpc) is 2.73. The summed E-state index contributed by atoms with van der Waals surface area (Å²) in [6.07, 6.45) is 1.18. The number of nitrogens with two attached hydrogens (primary N) is 2.